The molecule has 0 bridgehead atoms. The normalized spacial score (nSPS) is 11.0. The summed E-state index contributed by atoms with van der Waals surface area (Å²) in [6.45, 7) is 1.84. The maximum absolute atomic E-state index is 11.0. The molecule has 120 valence electrons. The second kappa shape index (κ2) is 6.33. The number of aromatic nitrogens is 3. The third-order valence-corrected chi connectivity index (χ3v) is 3.38. The van der Waals surface area contributed by atoms with Crippen molar-refractivity contribution >= 4 is 18.1 Å². The van der Waals surface area contributed by atoms with Crippen LogP contribution in [-0.2, 0) is 0 Å². The van der Waals surface area contributed by atoms with Crippen LogP contribution in [0.15, 0.2) is 53.9 Å². The first kappa shape index (κ1) is 15.4. The predicted octanol–water partition coefficient (Wildman–Crippen LogP) is 2.42. The van der Waals surface area contributed by atoms with Gasteiger partial charge in [0.15, 0.2) is 0 Å². The lowest BCUT2D eigenvalue weighted by molar-refractivity contribution is 0.0697. The van der Waals surface area contributed by atoms with Crippen molar-refractivity contribution in [3.05, 3.63) is 65.6 Å². The van der Waals surface area contributed by atoms with Crippen LogP contribution in [0.5, 0.6) is 0 Å². The van der Waals surface area contributed by atoms with Gasteiger partial charge in [-0.05, 0) is 24.6 Å². The third kappa shape index (κ3) is 3.30. The van der Waals surface area contributed by atoms with E-state index in [-0.39, 0.29) is 5.56 Å². The molecular weight excluding hydrogens is 306 g/mol. The topological polar surface area (TPSA) is 106 Å². The number of benzene rings is 1. The summed E-state index contributed by atoms with van der Waals surface area (Å²) in [7, 11) is 0. The van der Waals surface area contributed by atoms with Crippen molar-refractivity contribution in [2.45, 2.75) is 6.92 Å². The smallest absolute Gasteiger partial charge is 0.335 e. The van der Waals surface area contributed by atoms with Crippen molar-refractivity contribution in [1.29, 1.82) is 0 Å². The highest BCUT2D eigenvalue weighted by molar-refractivity contribution is 5.89. The Morgan fingerprint density at radius 3 is 2.67 bits per heavy atom. The summed E-state index contributed by atoms with van der Waals surface area (Å²) in [6.07, 6.45) is 4.89. The van der Waals surface area contributed by atoms with E-state index >= 15 is 0 Å². The van der Waals surface area contributed by atoms with Crippen LogP contribution in [0.25, 0.3) is 11.3 Å². The van der Waals surface area contributed by atoms with E-state index < -0.39 is 5.97 Å². The summed E-state index contributed by atoms with van der Waals surface area (Å²) < 4.78 is 1.50. The Balaban J connectivity index is 1.82. The average Bonchev–Trinajstić information content (AvgIpc) is 2.91. The number of nitrogen functional groups attached to an aromatic ring is 1. The molecule has 0 fully saturated rings. The van der Waals surface area contributed by atoms with Gasteiger partial charge >= 0.3 is 5.97 Å². The molecule has 0 atom stereocenters. The fourth-order valence-corrected chi connectivity index (χ4v) is 2.19. The lowest BCUT2D eigenvalue weighted by atomic mass is 10.1. The lowest BCUT2D eigenvalue weighted by Gasteiger charge is -2.03. The summed E-state index contributed by atoms with van der Waals surface area (Å²) in [4.78, 5) is 19.3. The molecular formula is C17H15N5O2. The number of pyridine rings is 1. The molecule has 0 aliphatic rings. The predicted molar refractivity (Wildman–Crippen MR) is 91.0 cm³/mol. The SMILES string of the molecule is Cc1cn(N=Cc2ccc(-c3cc(C(=O)O)ccn3)cc2)c(N)n1. The van der Waals surface area contributed by atoms with Gasteiger partial charge < -0.3 is 10.8 Å². The van der Waals surface area contributed by atoms with E-state index in [0.717, 1.165) is 16.8 Å². The van der Waals surface area contributed by atoms with Crippen LogP contribution in [0.4, 0.5) is 5.95 Å². The van der Waals surface area contributed by atoms with Crippen LogP contribution >= 0.6 is 0 Å². The second-order valence-electron chi connectivity index (χ2n) is 5.19. The first-order valence-electron chi connectivity index (χ1n) is 7.18. The van der Waals surface area contributed by atoms with Gasteiger partial charge in [0.05, 0.1) is 29.4 Å². The molecule has 0 amide bonds. The zero-order valence-electron chi connectivity index (χ0n) is 12.9. The maximum Gasteiger partial charge on any atom is 0.335 e. The quantitative estimate of drug-likeness (QED) is 0.718. The molecule has 2 aromatic heterocycles. The van der Waals surface area contributed by atoms with E-state index in [1.807, 2.05) is 31.2 Å². The van der Waals surface area contributed by atoms with E-state index in [1.165, 1.54) is 16.9 Å². The van der Waals surface area contributed by atoms with Gasteiger partial charge in [-0.15, -0.1) is 0 Å². The number of carboxylic acids is 1. The highest BCUT2D eigenvalue weighted by atomic mass is 16.4. The number of nitrogens with two attached hydrogens (primary N) is 1. The molecule has 0 saturated carbocycles. The van der Waals surface area contributed by atoms with Crippen LogP contribution in [-0.4, -0.2) is 31.9 Å². The monoisotopic (exact) mass is 321 g/mol. The van der Waals surface area contributed by atoms with Crippen LogP contribution in [0.3, 0.4) is 0 Å². The molecule has 1 aromatic carbocycles. The number of imidazole rings is 1. The minimum atomic E-state index is -0.976. The van der Waals surface area contributed by atoms with Gasteiger partial charge in [0, 0.05) is 11.8 Å². The van der Waals surface area contributed by atoms with Gasteiger partial charge in [-0.2, -0.15) is 5.10 Å². The number of carboxylic acid groups (broad SMARTS) is 1. The van der Waals surface area contributed by atoms with Crippen molar-refractivity contribution in [2.24, 2.45) is 5.10 Å². The van der Waals surface area contributed by atoms with Gasteiger partial charge in [0.2, 0.25) is 5.95 Å². The molecule has 0 radical (unpaired) electrons. The fraction of sp³-hybridized carbons (Fsp3) is 0.0588. The molecule has 0 aliphatic heterocycles. The molecule has 3 rings (SSSR count). The summed E-state index contributed by atoms with van der Waals surface area (Å²) >= 11 is 0. The van der Waals surface area contributed by atoms with Crippen LogP contribution in [0.2, 0.25) is 0 Å². The van der Waals surface area contributed by atoms with Crippen LogP contribution in [0.1, 0.15) is 21.6 Å². The van der Waals surface area contributed by atoms with Crippen molar-refractivity contribution in [3.63, 3.8) is 0 Å². The molecule has 0 spiro atoms. The standard InChI is InChI=1S/C17H15N5O2/c1-11-10-22(17(18)21-11)20-9-12-2-4-13(5-3-12)15-8-14(16(23)24)6-7-19-15/h2-10H,1H3,(H2,18,21)(H,23,24). The molecule has 7 nitrogen and oxygen atoms in total. The van der Waals surface area contributed by atoms with Gasteiger partial charge in [-0.3, -0.25) is 4.98 Å². The second-order valence-corrected chi connectivity index (χ2v) is 5.19. The Morgan fingerprint density at radius 1 is 1.29 bits per heavy atom. The van der Waals surface area contributed by atoms with Crippen LogP contribution < -0.4 is 5.73 Å². The van der Waals surface area contributed by atoms with E-state index in [9.17, 15) is 4.79 Å². The number of hydrogen-bond donors (Lipinski definition) is 2. The zero-order chi connectivity index (χ0) is 17.1. The summed E-state index contributed by atoms with van der Waals surface area (Å²) in [5, 5.41) is 13.3. The maximum atomic E-state index is 11.0. The zero-order valence-corrected chi connectivity index (χ0v) is 12.9. The molecule has 0 aliphatic carbocycles. The van der Waals surface area contributed by atoms with E-state index in [0.29, 0.717) is 11.6 Å². The summed E-state index contributed by atoms with van der Waals surface area (Å²) in [5.74, 6) is -0.648. The summed E-state index contributed by atoms with van der Waals surface area (Å²) in [6, 6.07) is 10.5. The number of carbonyl (C=O) groups is 1. The lowest BCUT2D eigenvalue weighted by Crippen LogP contribution is -1.97. The Morgan fingerprint density at radius 2 is 2.04 bits per heavy atom. The van der Waals surface area contributed by atoms with Gasteiger partial charge in [-0.1, -0.05) is 24.3 Å². The Bertz CT molecular complexity index is 913. The van der Waals surface area contributed by atoms with E-state index in [1.54, 1.807) is 18.5 Å². The van der Waals surface area contributed by atoms with Gasteiger partial charge in [-0.25, -0.2) is 14.5 Å². The number of nitrogens with zero attached hydrogens (tertiary/aromatic N) is 4. The summed E-state index contributed by atoms with van der Waals surface area (Å²) in [5.41, 5.74) is 9.03. The van der Waals surface area contributed by atoms with Gasteiger partial charge in [0.25, 0.3) is 0 Å². The Labute approximate surface area is 138 Å². The molecule has 3 aromatic rings. The van der Waals surface area contributed by atoms with Gasteiger partial charge in [0.1, 0.15) is 0 Å². The van der Waals surface area contributed by atoms with E-state index in [2.05, 4.69) is 15.1 Å². The molecule has 3 N–H and O–H groups in total. The first-order chi connectivity index (χ1) is 11.5. The number of anilines is 1. The van der Waals surface area contributed by atoms with Crippen LogP contribution in [0, 0.1) is 6.92 Å². The Hall–Kier alpha value is -3.48. The minimum Gasteiger partial charge on any atom is -0.478 e. The number of aryl methyl sites for hydroxylation is 1. The largest absolute Gasteiger partial charge is 0.478 e. The molecule has 2 heterocycles. The highest BCUT2D eigenvalue weighted by Gasteiger charge is 2.06. The van der Waals surface area contributed by atoms with Crippen molar-refractivity contribution in [1.82, 2.24) is 14.6 Å². The van der Waals surface area contributed by atoms with Crippen molar-refractivity contribution in [3.8, 4) is 11.3 Å². The average molecular weight is 321 g/mol. The molecule has 7 heteroatoms. The molecule has 0 saturated heterocycles. The Kier molecular flexibility index (Phi) is 4.07. The fourth-order valence-electron chi connectivity index (χ4n) is 2.19. The highest BCUT2D eigenvalue weighted by Crippen LogP contribution is 2.18. The molecule has 0 unspecified atom stereocenters. The van der Waals surface area contributed by atoms with Crippen molar-refractivity contribution < 1.29 is 9.90 Å². The number of aromatic carboxylic acids is 1. The van der Waals surface area contributed by atoms with E-state index in [4.69, 9.17) is 10.8 Å². The number of rotatable bonds is 4. The third-order valence-electron chi connectivity index (χ3n) is 3.38. The first-order valence-corrected chi connectivity index (χ1v) is 7.18. The number of hydrogen-bond acceptors (Lipinski definition) is 5. The minimum absolute atomic E-state index is 0.205. The van der Waals surface area contributed by atoms with Crippen molar-refractivity contribution in [2.75, 3.05) is 5.73 Å². The molecule has 24 heavy (non-hydrogen) atoms.